The van der Waals surface area contributed by atoms with Gasteiger partial charge in [-0.2, -0.15) is 0 Å². The molecular formula is C15H20N2O3. The van der Waals surface area contributed by atoms with E-state index in [2.05, 4.69) is 18.7 Å². The van der Waals surface area contributed by atoms with Crippen LogP contribution in [0.25, 0.3) is 0 Å². The number of benzene rings is 1. The molecule has 1 fully saturated rings. The number of aldehydes is 1. The van der Waals surface area contributed by atoms with E-state index in [1.807, 2.05) is 0 Å². The number of carbonyl (C=O) groups is 1. The molecule has 1 aromatic rings. The number of anilines is 1. The molecule has 1 saturated carbocycles. The molecule has 0 heterocycles. The fourth-order valence-corrected chi connectivity index (χ4v) is 2.29. The van der Waals surface area contributed by atoms with Crippen LogP contribution in [0.15, 0.2) is 18.2 Å². The zero-order valence-corrected chi connectivity index (χ0v) is 11.9. The summed E-state index contributed by atoms with van der Waals surface area (Å²) in [4.78, 5) is 23.7. The average molecular weight is 276 g/mol. The molecule has 0 spiro atoms. The number of nitro benzene ring substituents is 1. The van der Waals surface area contributed by atoms with Crippen molar-refractivity contribution in [1.29, 1.82) is 0 Å². The third-order valence-electron chi connectivity index (χ3n) is 3.60. The maximum absolute atomic E-state index is 11.0. The van der Waals surface area contributed by atoms with Crippen LogP contribution in [0, 0.1) is 16.0 Å². The van der Waals surface area contributed by atoms with Gasteiger partial charge in [0.15, 0.2) is 6.29 Å². The first kappa shape index (κ1) is 14.5. The Morgan fingerprint density at radius 3 is 2.65 bits per heavy atom. The van der Waals surface area contributed by atoms with Crippen LogP contribution in [0.5, 0.6) is 0 Å². The maximum Gasteiger partial charge on any atom is 0.280 e. The first-order valence-electron chi connectivity index (χ1n) is 7.03. The maximum atomic E-state index is 11.0. The topological polar surface area (TPSA) is 63.4 Å². The van der Waals surface area contributed by atoms with E-state index in [0.717, 1.165) is 31.5 Å². The van der Waals surface area contributed by atoms with Gasteiger partial charge in [0.1, 0.15) is 0 Å². The van der Waals surface area contributed by atoms with E-state index in [0.29, 0.717) is 18.2 Å². The van der Waals surface area contributed by atoms with Gasteiger partial charge in [-0.1, -0.05) is 13.8 Å². The Balaban J connectivity index is 2.24. The molecule has 1 aliphatic carbocycles. The van der Waals surface area contributed by atoms with Gasteiger partial charge >= 0.3 is 0 Å². The molecule has 0 bridgehead atoms. The van der Waals surface area contributed by atoms with Crippen LogP contribution >= 0.6 is 0 Å². The van der Waals surface area contributed by atoms with E-state index in [1.54, 1.807) is 12.1 Å². The minimum absolute atomic E-state index is 0.122. The number of nitro groups is 1. The van der Waals surface area contributed by atoms with Crippen molar-refractivity contribution in [3.63, 3.8) is 0 Å². The number of nitrogens with zero attached hydrogens (tertiary/aromatic N) is 2. The summed E-state index contributed by atoms with van der Waals surface area (Å²) < 4.78 is 0. The predicted molar refractivity (Wildman–Crippen MR) is 78.3 cm³/mol. The van der Waals surface area contributed by atoms with E-state index in [-0.39, 0.29) is 11.3 Å². The molecule has 1 aliphatic rings. The van der Waals surface area contributed by atoms with Gasteiger partial charge in [0.05, 0.1) is 10.5 Å². The van der Waals surface area contributed by atoms with Gasteiger partial charge in [0, 0.05) is 24.3 Å². The Morgan fingerprint density at radius 1 is 1.45 bits per heavy atom. The predicted octanol–water partition coefficient (Wildman–Crippen LogP) is 3.42. The van der Waals surface area contributed by atoms with Gasteiger partial charge in [0.25, 0.3) is 5.69 Å². The first-order chi connectivity index (χ1) is 9.52. The summed E-state index contributed by atoms with van der Waals surface area (Å²) in [6.45, 7) is 5.29. The normalized spacial score (nSPS) is 14.3. The third kappa shape index (κ3) is 3.35. The average Bonchev–Trinajstić information content (AvgIpc) is 3.22. The molecule has 0 atom stereocenters. The summed E-state index contributed by atoms with van der Waals surface area (Å²) in [5, 5.41) is 10.9. The van der Waals surface area contributed by atoms with E-state index in [1.165, 1.54) is 6.07 Å². The van der Waals surface area contributed by atoms with Crippen molar-refractivity contribution in [3.8, 4) is 0 Å². The van der Waals surface area contributed by atoms with Crippen LogP contribution < -0.4 is 4.90 Å². The number of hydrogen-bond donors (Lipinski definition) is 0. The van der Waals surface area contributed by atoms with Crippen molar-refractivity contribution in [2.45, 2.75) is 39.2 Å². The third-order valence-corrected chi connectivity index (χ3v) is 3.60. The van der Waals surface area contributed by atoms with Crippen molar-refractivity contribution < 1.29 is 9.72 Å². The molecule has 0 radical (unpaired) electrons. The van der Waals surface area contributed by atoms with Crippen LogP contribution in [-0.2, 0) is 0 Å². The number of carbonyl (C=O) groups excluding carboxylic acids is 1. The fourth-order valence-electron chi connectivity index (χ4n) is 2.29. The SMILES string of the molecule is CC(C)CCN(c1ccc([N+](=O)[O-])c(C=O)c1)C1CC1. The molecule has 5 heteroatoms. The molecule has 0 aliphatic heterocycles. The van der Waals surface area contributed by atoms with Crippen LogP contribution in [0.2, 0.25) is 0 Å². The monoisotopic (exact) mass is 276 g/mol. The summed E-state index contributed by atoms with van der Waals surface area (Å²) in [5.41, 5.74) is 0.951. The molecule has 5 nitrogen and oxygen atoms in total. The number of hydrogen-bond acceptors (Lipinski definition) is 4. The first-order valence-corrected chi connectivity index (χ1v) is 7.03. The Labute approximate surface area is 118 Å². The highest BCUT2D eigenvalue weighted by Crippen LogP contribution is 2.34. The van der Waals surface area contributed by atoms with Gasteiger partial charge in [0.2, 0.25) is 0 Å². The molecule has 20 heavy (non-hydrogen) atoms. The van der Waals surface area contributed by atoms with Crippen molar-refractivity contribution in [2.75, 3.05) is 11.4 Å². The highest BCUT2D eigenvalue weighted by Gasteiger charge is 2.30. The molecule has 0 N–H and O–H groups in total. The van der Waals surface area contributed by atoms with E-state index in [4.69, 9.17) is 0 Å². The smallest absolute Gasteiger partial charge is 0.280 e. The molecule has 1 aromatic carbocycles. The van der Waals surface area contributed by atoms with Crippen molar-refractivity contribution in [2.24, 2.45) is 5.92 Å². The molecule has 0 amide bonds. The summed E-state index contributed by atoms with van der Waals surface area (Å²) in [5.74, 6) is 0.611. The molecule has 0 saturated heterocycles. The Morgan fingerprint density at radius 2 is 2.15 bits per heavy atom. The number of rotatable bonds is 7. The second kappa shape index (κ2) is 6.03. The van der Waals surface area contributed by atoms with Gasteiger partial charge < -0.3 is 4.90 Å². The Hall–Kier alpha value is -1.91. The molecule has 2 rings (SSSR count). The van der Waals surface area contributed by atoms with Crippen LogP contribution in [0.4, 0.5) is 11.4 Å². The second-order valence-corrected chi connectivity index (χ2v) is 5.73. The quantitative estimate of drug-likeness (QED) is 0.435. The van der Waals surface area contributed by atoms with Crippen LogP contribution in [-0.4, -0.2) is 23.8 Å². The van der Waals surface area contributed by atoms with Crippen LogP contribution in [0.3, 0.4) is 0 Å². The van der Waals surface area contributed by atoms with E-state index in [9.17, 15) is 14.9 Å². The minimum Gasteiger partial charge on any atom is -0.369 e. The summed E-state index contributed by atoms with van der Waals surface area (Å²) >= 11 is 0. The molecule has 0 aromatic heterocycles. The molecule has 108 valence electrons. The highest BCUT2D eigenvalue weighted by molar-refractivity contribution is 5.83. The Kier molecular flexibility index (Phi) is 4.37. The van der Waals surface area contributed by atoms with Crippen molar-refractivity contribution >= 4 is 17.7 Å². The zero-order chi connectivity index (χ0) is 14.7. The van der Waals surface area contributed by atoms with E-state index < -0.39 is 4.92 Å². The standard InChI is InChI=1S/C15H20N2O3/c1-11(2)7-8-16(13-3-4-13)14-5-6-15(17(19)20)12(9-14)10-18/h5-6,9-11,13H,3-4,7-8H2,1-2H3. The van der Waals surface area contributed by atoms with Crippen molar-refractivity contribution in [1.82, 2.24) is 0 Å². The summed E-state index contributed by atoms with van der Waals surface area (Å²) in [7, 11) is 0. The lowest BCUT2D eigenvalue weighted by molar-refractivity contribution is -0.385. The largest absolute Gasteiger partial charge is 0.369 e. The minimum atomic E-state index is -0.511. The molecule has 0 unspecified atom stereocenters. The second-order valence-electron chi connectivity index (χ2n) is 5.73. The van der Waals surface area contributed by atoms with E-state index >= 15 is 0 Å². The highest BCUT2D eigenvalue weighted by atomic mass is 16.6. The van der Waals surface area contributed by atoms with Gasteiger partial charge in [-0.05, 0) is 37.3 Å². The lowest BCUT2D eigenvalue weighted by Crippen LogP contribution is -2.27. The van der Waals surface area contributed by atoms with Gasteiger partial charge in [-0.15, -0.1) is 0 Å². The summed E-state index contributed by atoms with van der Waals surface area (Å²) in [6.07, 6.45) is 3.95. The lowest BCUT2D eigenvalue weighted by atomic mass is 10.1. The summed E-state index contributed by atoms with van der Waals surface area (Å²) in [6, 6.07) is 5.35. The fraction of sp³-hybridized carbons (Fsp3) is 0.533. The Bertz CT molecular complexity index is 510. The lowest BCUT2D eigenvalue weighted by Gasteiger charge is -2.25. The van der Waals surface area contributed by atoms with Crippen molar-refractivity contribution in [3.05, 3.63) is 33.9 Å². The van der Waals surface area contributed by atoms with Gasteiger partial charge in [-0.3, -0.25) is 14.9 Å². The zero-order valence-electron chi connectivity index (χ0n) is 11.9. The van der Waals surface area contributed by atoms with Gasteiger partial charge in [-0.25, -0.2) is 0 Å². The molecular weight excluding hydrogens is 256 g/mol. The van der Waals surface area contributed by atoms with Crippen LogP contribution in [0.1, 0.15) is 43.5 Å².